The van der Waals surface area contributed by atoms with Gasteiger partial charge >= 0.3 is 37.1 Å². The Hall–Kier alpha value is -1.20. The number of hydrogen-bond acceptors (Lipinski definition) is 16. The lowest BCUT2D eigenvalue weighted by Crippen LogP contribution is -2.68. The van der Waals surface area contributed by atoms with Crippen molar-refractivity contribution in [3.8, 4) is 0 Å². The molecule has 212 valence electrons. The molecule has 2 heterocycles. The molecule has 2 aliphatic rings. The van der Waals surface area contributed by atoms with E-state index in [9.17, 15) is 55.6 Å². The van der Waals surface area contributed by atoms with E-state index in [1.165, 1.54) is 4.72 Å². The number of aliphatic carboxylic acids is 1. The predicted octanol–water partition coefficient (Wildman–Crippen LogP) is -6.25. The molecule has 0 aromatic heterocycles. The van der Waals surface area contributed by atoms with Gasteiger partial charge in [-0.15, -0.1) is 0 Å². The Kier molecular flexibility index (Phi) is 9.71. The van der Waals surface area contributed by atoms with Crippen LogP contribution in [-0.4, -0.2) is 138 Å². The lowest BCUT2D eigenvalue weighted by molar-refractivity contribution is -0.331. The molecular weight excluding hydrogens is 574 g/mol. The van der Waals surface area contributed by atoms with Crippen LogP contribution in [0, 0.1) is 0 Å². The number of rotatable bonds is 10. The fourth-order valence-electron chi connectivity index (χ4n) is 3.23. The molecule has 0 amide bonds. The van der Waals surface area contributed by atoms with Gasteiger partial charge < -0.3 is 39.7 Å². The standard InChI is InChI=1S/C12H21NO20S3/c14-4-2(1-29-35(23,24)25)30-12(3(5(4)15)13-34(20,21)22)32-7-6(16)8(33-36(26,27)28)11(19)31-9(7)10(17)18/h2-9,11-16,19H,1H2,(H,17,18)(H,20,21,22)(H,23,24,25)(H,26,27,28)/t2-,3-,4-,5-,6+,7+,8-,9+,11?,12-/m1/s1. The zero-order chi connectivity index (χ0) is 27.8. The summed E-state index contributed by atoms with van der Waals surface area (Å²) in [5, 5.41) is 49.9. The molecule has 1 unspecified atom stereocenters. The van der Waals surface area contributed by atoms with Gasteiger partial charge in [0.2, 0.25) is 0 Å². The Labute approximate surface area is 201 Å². The van der Waals surface area contributed by atoms with E-state index in [4.69, 9.17) is 23.1 Å². The highest BCUT2D eigenvalue weighted by Gasteiger charge is 2.54. The Morgan fingerprint density at radius 2 is 1.42 bits per heavy atom. The Balaban J connectivity index is 2.43. The van der Waals surface area contributed by atoms with E-state index in [0.717, 1.165) is 0 Å². The first-order valence-corrected chi connectivity index (χ1v) is 13.3. The molecule has 0 aliphatic carbocycles. The third-order valence-electron chi connectivity index (χ3n) is 4.67. The summed E-state index contributed by atoms with van der Waals surface area (Å²) in [4.78, 5) is 11.6. The van der Waals surface area contributed by atoms with E-state index in [1.54, 1.807) is 0 Å². The number of aliphatic hydroxyl groups is 4. The molecule has 9 N–H and O–H groups in total. The van der Waals surface area contributed by atoms with Crippen molar-refractivity contribution < 1.29 is 91.8 Å². The first-order chi connectivity index (χ1) is 16.2. The van der Waals surface area contributed by atoms with Crippen LogP contribution in [-0.2, 0) is 58.5 Å². The summed E-state index contributed by atoms with van der Waals surface area (Å²) in [7, 11) is -15.8. The normalized spacial score (nSPS) is 38.5. The second kappa shape index (κ2) is 11.3. The quantitative estimate of drug-likeness (QED) is 0.106. The van der Waals surface area contributed by atoms with Gasteiger partial charge in [0.05, 0.1) is 6.61 Å². The minimum atomic E-state index is -5.39. The molecular formula is C12H21NO20S3. The van der Waals surface area contributed by atoms with Crippen molar-refractivity contribution in [2.24, 2.45) is 0 Å². The van der Waals surface area contributed by atoms with E-state index in [0.29, 0.717) is 0 Å². The smallest absolute Gasteiger partial charge is 0.397 e. The number of carboxylic acids is 1. The van der Waals surface area contributed by atoms with Gasteiger partial charge in [0.1, 0.15) is 36.6 Å². The number of ether oxygens (including phenoxy) is 3. The topological polar surface area (TPSA) is 340 Å². The maximum Gasteiger partial charge on any atom is 0.397 e. The highest BCUT2D eigenvalue weighted by molar-refractivity contribution is 7.83. The van der Waals surface area contributed by atoms with Gasteiger partial charge in [-0.25, -0.2) is 13.2 Å². The Morgan fingerprint density at radius 3 is 1.89 bits per heavy atom. The molecule has 0 radical (unpaired) electrons. The van der Waals surface area contributed by atoms with E-state index < -0.39 is 105 Å². The van der Waals surface area contributed by atoms with Crippen LogP contribution in [0.25, 0.3) is 0 Å². The zero-order valence-corrected chi connectivity index (χ0v) is 19.6. The molecule has 2 saturated heterocycles. The number of hydrogen-bond donors (Lipinski definition) is 9. The van der Waals surface area contributed by atoms with Gasteiger partial charge in [0.15, 0.2) is 24.8 Å². The molecule has 0 saturated carbocycles. The summed E-state index contributed by atoms with van der Waals surface area (Å²) in [6.45, 7) is -1.24. The average molecular weight is 595 g/mol. The Bertz CT molecular complexity index is 1100. The van der Waals surface area contributed by atoms with Crippen LogP contribution in [0.3, 0.4) is 0 Å². The average Bonchev–Trinajstić information content (AvgIpc) is 2.68. The number of carbonyl (C=O) groups is 1. The van der Waals surface area contributed by atoms with Crippen molar-refractivity contribution in [2.45, 2.75) is 61.3 Å². The van der Waals surface area contributed by atoms with E-state index >= 15 is 0 Å². The maximum absolute atomic E-state index is 11.6. The van der Waals surface area contributed by atoms with E-state index in [2.05, 4.69) is 13.1 Å². The summed E-state index contributed by atoms with van der Waals surface area (Å²) in [5.41, 5.74) is 0. The summed E-state index contributed by atoms with van der Waals surface area (Å²) in [6.07, 6.45) is -21.0. The molecule has 0 bridgehead atoms. The fourth-order valence-corrected chi connectivity index (χ4v) is 4.62. The second-order valence-electron chi connectivity index (χ2n) is 7.22. The number of carboxylic acid groups (broad SMARTS) is 1. The van der Waals surface area contributed by atoms with Crippen molar-refractivity contribution >= 4 is 37.1 Å². The first kappa shape index (κ1) is 31.0. The van der Waals surface area contributed by atoms with Crippen LogP contribution in [0.15, 0.2) is 0 Å². The second-order valence-corrected chi connectivity index (χ2v) is 10.5. The molecule has 0 spiro atoms. The lowest BCUT2D eigenvalue weighted by Gasteiger charge is -2.46. The van der Waals surface area contributed by atoms with Crippen LogP contribution >= 0.6 is 0 Å². The van der Waals surface area contributed by atoms with Crippen LogP contribution in [0.5, 0.6) is 0 Å². The minimum Gasteiger partial charge on any atom is -0.479 e. The first-order valence-electron chi connectivity index (χ1n) is 9.14. The summed E-state index contributed by atoms with van der Waals surface area (Å²) >= 11 is 0. The molecule has 10 atom stereocenters. The molecule has 0 aromatic carbocycles. The van der Waals surface area contributed by atoms with Crippen LogP contribution in [0.4, 0.5) is 0 Å². The molecule has 0 aromatic rings. The van der Waals surface area contributed by atoms with Gasteiger partial charge in [-0.05, 0) is 0 Å². The molecule has 21 nitrogen and oxygen atoms in total. The Morgan fingerprint density at radius 1 is 0.833 bits per heavy atom. The van der Waals surface area contributed by atoms with Gasteiger partial charge in [0.25, 0.3) is 0 Å². The van der Waals surface area contributed by atoms with Crippen molar-refractivity contribution in [1.29, 1.82) is 0 Å². The highest BCUT2D eigenvalue weighted by atomic mass is 32.3. The molecule has 36 heavy (non-hydrogen) atoms. The molecule has 2 rings (SSSR count). The number of aliphatic hydroxyl groups excluding tert-OH is 4. The largest absolute Gasteiger partial charge is 0.479 e. The van der Waals surface area contributed by atoms with E-state index in [1.807, 2.05) is 0 Å². The van der Waals surface area contributed by atoms with Crippen molar-refractivity contribution in [3.05, 3.63) is 0 Å². The fraction of sp³-hybridized carbons (Fsp3) is 0.917. The lowest BCUT2D eigenvalue weighted by atomic mass is 9.96. The van der Waals surface area contributed by atoms with Gasteiger partial charge in [-0.1, -0.05) is 0 Å². The summed E-state index contributed by atoms with van der Waals surface area (Å²) < 4.78 is 117. The van der Waals surface area contributed by atoms with Crippen molar-refractivity contribution in [3.63, 3.8) is 0 Å². The SMILES string of the molecule is O=C(O)[C@H]1OC(O)[C@H](OS(=O)(=O)O)[C@@H](O)[C@@H]1O[C@H]1O[C@H](COS(=O)(=O)O)[C@@H](O)[C@H](O)[C@H]1NS(=O)(=O)O. The summed E-state index contributed by atoms with van der Waals surface area (Å²) in [6, 6.07) is -2.23. The molecule has 2 fully saturated rings. The highest BCUT2D eigenvalue weighted by Crippen LogP contribution is 2.31. The number of nitrogens with one attached hydrogen (secondary N) is 1. The maximum atomic E-state index is 11.6. The third-order valence-corrected chi connectivity index (χ3v) is 6.14. The van der Waals surface area contributed by atoms with Crippen LogP contribution in [0.2, 0.25) is 0 Å². The molecule has 2 aliphatic heterocycles. The van der Waals surface area contributed by atoms with Crippen LogP contribution in [0.1, 0.15) is 0 Å². The van der Waals surface area contributed by atoms with Crippen molar-refractivity contribution in [2.75, 3.05) is 6.61 Å². The monoisotopic (exact) mass is 595 g/mol. The van der Waals surface area contributed by atoms with Gasteiger partial charge in [-0.3, -0.25) is 13.7 Å². The summed E-state index contributed by atoms with van der Waals surface area (Å²) in [5.74, 6) is -1.97. The van der Waals surface area contributed by atoms with Crippen LogP contribution < -0.4 is 4.72 Å². The zero-order valence-electron chi connectivity index (χ0n) is 17.2. The van der Waals surface area contributed by atoms with Gasteiger partial charge in [-0.2, -0.15) is 30.0 Å². The predicted molar refractivity (Wildman–Crippen MR) is 102 cm³/mol. The van der Waals surface area contributed by atoms with Gasteiger partial charge in [0, 0.05) is 0 Å². The third kappa shape index (κ3) is 8.41. The minimum absolute atomic E-state index is 1.24. The molecule has 24 heteroatoms. The van der Waals surface area contributed by atoms with Crippen molar-refractivity contribution in [1.82, 2.24) is 4.72 Å². The van der Waals surface area contributed by atoms with E-state index in [-0.39, 0.29) is 0 Å².